The first-order chi connectivity index (χ1) is 3.18. The van der Waals surface area contributed by atoms with E-state index in [-0.39, 0.29) is 114 Å². The summed E-state index contributed by atoms with van der Waals surface area (Å²) in [6.07, 6.45) is 0. The van der Waals surface area contributed by atoms with Gasteiger partial charge in [-0.05, 0) is 0 Å². The minimum absolute atomic E-state index is 0. The molecule has 0 amide bonds. The number of carbonyl (C=O) groups is 1. The predicted molar refractivity (Wildman–Crippen MR) is 25.1 cm³/mol. The van der Waals surface area contributed by atoms with Crippen LogP contribution in [0.3, 0.4) is 0 Å². The van der Waals surface area contributed by atoms with E-state index >= 15 is 0 Å². The number of nitrogens with zero attached hydrogens (tertiary/aromatic N) is 1. The van der Waals surface area contributed by atoms with Crippen LogP contribution in [0.4, 0.5) is 0 Å². The summed E-state index contributed by atoms with van der Waals surface area (Å²) in [5.74, 6) is -0.366. The Morgan fingerprint density at radius 2 is 1.89 bits per heavy atom. The number of ketones is 1. The van der Waals surface area contributed by atoms with E-state index < -0.39 is 0 Å². The SMILES string of the molecule is [C-]#[N+]C(=[CH-])C(C)=O.[K+].[K+]. The van der Waals surface area contributed by atoms with Crippen molar-refractivity contribution in [1.82, 2.24) is 0 Å². The predicted octanol–water partition coefficient (Wildman–Crippen LogP) is -5.18. The minimum Gasteiger partial charge on any atom is -0.420 e. The average molecular weight is 172 g/mol. The molecule has 9 heavy (non-hydrogen) atoms. The molecular formula is C5H4K2NO+. The number of Topliss-reactive ketones (excluding diaryl/α,β-unsaturated/α-hetero) is 1. The van der Waals surface area contributed by atoms with Crippen LogP contribution in [0, 0.1) is 13.2 Å². The summed E-state index contributed by atoms with van der Waals surface area (Å²) in [5, 5.41) is 0. The third kappa shape index (κ3) is 10.2. The average Bonchev–Trinajstić information content (AvgIpc) is 1.65. The van der Waals surface area contributed by atoms with Crippen molar-refractivity contribution in [2.45, 2.75) is 6.92 Å². The van der Waals surface area contributed by atoms with E-state index in [4.69, 9.17) is 13.2 Å². The van der Waals surface area contributed by atoms with E-state index in [0.717, 1.165) is 0 Å². The Kier molecular flexibility index (Phi) is 19.6. The Morgan fingerprint density at radius 1 is 1.56 bits per heavy atom. The first kappa shape index (κ1) is 17.3. The summed E-state index contributed by atoms with van der Waals surface area (Å²) in [7, 11) is 0. The molecule has 0 rings (SSSR count). The summed E-state index contributed by atoms with van der Waals surface area (Å²) >= 11 is 0. The van der Waals surface area contributed by atoms with E-state index in [2.05, 4.69) is 4.85 Å². The maximum Gasteiger partial charge on any atom is 1.00 e. The van der Waals surface area contributed by atoms with E-state index in [1.54, 1.807) is 0 Å². The van der Waals surface area contributed by atoms with Gasteiger partial charge in [-0.3, -0.25) is 11.4 Å². The molecular weight excluding hydrogens is 168 g/mol. The van der Waals surface area contributed by atoms with E-state index in [9.17, 15) is 4.79 Å². The number of hydrogen-bond donors (Lipinski definition) is 0. The molecule has 0 atom stereocenters. The standard InChI is InChI=1S/C5H4NO.2K/c1-4(6-3)5(2)7;;/h1H,2H3;;/q-1;2*+1. The Hall–Kier alpha value is 2.17. The fraction of sp³-hybridized carbons (Fsp3) is 0.200. The molecule has 0 bridgehead atoms. The van der Waals surface area contributed by atoms with Gasteiger partial charge in [0.05, 0.1) is 12.3 Å². The number of allylic oxidation sites excluding steroid dienone is 1. The molecule has 0 N–H and O–H groups in total. The second-order valence-corrected chi connectivity index (χ2v) is 1.05. The van der Waals surface area contributed by atoms with Crippen LogP contribution in [-0.2, 0) is 4.79 Å². The van der Waals surface area contributed by atoms with Crippen molar-refractivity contribution in [3.63, 3.8) is 0 Å². The van der Waals surface area contributed by atoms with Crippen LogP contribution in [0.5, 0.6) is 0 Å². The molecule has 0 fully saturated rings. The fourth-order valence-corrected chi connectivity index (χ4v) is 0.0787. The maximum absolute atomic E-state index is 10.00. The first-order valence-corrected chi connectivity index (χ1v) is 1.69. The Labute approximate surface area is 140 Å². The Bertz CT molecular complexity index is 148. The zero-order valence-corrected chi connectivity index (χ0v) is 12.2. The maximum atomic E-state index is 10.00. The largest absolute Gasteiger partial charge is 1.00 e. The van der Waals surface area contributed by atoms with Crippen LogP contribution >= 0.6 is 0 Å². The molecule has 0 aromatic rings. The number of hydrogen-bond acceptors (Lipinski definition) is 1. The topological polar surface area (TPSA) is 21.4 Å². The fourth-order valence-electron chi connectivity index (χ4n) is 0.0787. The van der Waals surface area contributed by atoms with Crippen molar-refractivity contribution in [1.29, 1.82) is 0 Å². The van der Waals surface area contributed by atoms with Crippen molar-refractivity contribution >= 4 is 5.78 Å². The van der Waals surface area contributed by atoms with Crippen molar-refractivity contribution < 1.29 is 108 Å². The van der Waals surface area contributed by atoms with Crippen LogP contribution in [0.1, 0.15) is 6.92 Å². The van der Waals surface area contributed by atoms with Crippen molar-refractivity contribution in [3.8, 4) is 0 Å². The molecule has 0 aliphatic heterocycles. The third-order valence-corrected chi connectivity index (χ3v) is 0.481. The molecule has 0 radical (unpaired) electrons. The van der Waals surface area contributed by atoms with Gasteiger partial charge in [-0.15, -0.1) is 0 Å². The molecule has 0 spiro atoms. The third-order valence-electron chi connectivity index (χ3n) is 0.481. The van der Waals surface area contributed by atoms with Gasteiger partial charge in [0.25, 0.3) is 0 Å². The molecule has 2 nitrogen and oxygen atoms in total. The van der Waals surface area contributed by atoms with Crippen LogP contribution in [0.25, 0.3) is 4.85 Å². The summed E-state index contributed by atoms with van der Waals surface area (Å²) in [6.45, 7) is 12.3. The molecule has 0 aromatic heterocycles. The minimum atomic E-state index is -0.366. The van der Waals surface area contributed by atoms with Crippen LogP contribution in [0.2, 0.25) is 0 Å². The van der Waals surface area contributed by atoms with Gasteiger partial charge in [-0.2, -0.15) is 0 Å². The van der Waals surface area contributed by atoms with Gasteiger partial charge < -0.3 is 4.79 Å². The second kappa shape index (κ2) is 10.2. The van der Waals surface area contributed by atoms with Gasteiger partial charge in [0.15, 0.2) is 0 Å². The zero-order valence-electron chi connectivity index (χ0n) is 5.93. The van der Waals surface area contributed by atoms with Crippen LogP contribution < -0.4 is 103 Å². The molecule has 0 unspecified atom stereocenters. The van der Waals surface area contributed by atoms with Gasteiger partial charge in [-0.1, -0.05) is 6.92 Å². The van der Waals surface area contributed by atoms with Crippen molar-refractivity contribution in [2.24, 2.45) is 0 Å². The molecule has 0 aliphatic carbocycles. The second-order valence-electron chi connectivity index (χ2n) is 1.05. The summed E-state index contributed by atoms with van der Waals surface area (Å²) in [4.78, 5) is 12.7. The van der Waals surface area contributed by atoms with E-state index in [1.807, 2.05) is 0 Å². The number of rotatable bonds is 1. The molecule has 0 aromatic carbocycles. The van der Waals surface area contributed by atoms with Gasteiger partial charge in [0.1, 0.15) is 0 Å². The molecule has 0 saturated heterocycles. The Morgan fingerprint density at radius 3 is 1.89 bits per heavy atom. The normalized spacial score (nSPS) is 5.33. The smallest absolute Gasteiger partial charge is 0.420 e. The summed E-state index contributed by atoms with van der Waals surface area (Å²) in [6, 6.07) is 0. The quantitative estimate of drug-likeness (QED) is 0.220. The first-order valence-electron chi connectivity index (χ1n) is 1.69. The molecule has 0 aliphatic rings. The zero-order chi connectivity index (χ0) is 5.86. The van der Waals surface area contributed by atoms with E-state index in [1.165, 1.54) is 6.92 Å². The van der Waals surface area contributed by atoms with Gasteiger partial charge in [-0.25, -0.2) is 0 Å². The van der Waals surface area contributed by atoms with E-state index in [0.29, 0.717) is 0 Å². The molecule has 36 valence electrons. The van der Waals surface area contributed by atoms with Crippen molar-refractivity contribution in [2.75, 3.05) is 0 Å². The van der Waals surface area contributed by atoms with Gasteiger partial charge in [0, 0.05) is 5.78 Å². The van der Waals surface area contributed by atoms with Crippen molar-refractivity contribution in [3.05, 3.63) is 23.7 Å². The van der Waals surface area contributed by atoms with Gasteiger partial charge in [0.2, 0.25) is 0 Å². The number of carbonyl (C=O) groups excluding carboxylic acids is 1. The van der Waals surface area contributed by atoms with Gasteiger partial charge >= 0.3 is 103 Å². The molecule has 0 saturated carbocycles. The monoisotopic (exact) mass is 172 g/mol. The summed E-state index contributed by atoms with van der Waals surface area (Å²) < 4.78 is 0. The molecule has 0 heterocycles. The van der Waals surface area contributed by atoms with Crippen LogP contribution in [-0.4, -0.2) is 5.78 Å². The molecule has 4 heteroatoms. The van der Waals surface area contributed by atoms with Crippen LogP contribution in [0.15, 0.2) is 5.70 Å². The summed E-state index contributed by atoms with van der Waals surface area (Å²) in [5.41, 5.74) is -0.250. The Balaban J connectivity index is -0.000000180.